The Morgan fingerprint density at radius 2 is 1.27 bits per heavy atom. The smallest absolute Gasteiger partial charge is 0.236 e. The highest BCUT2D eigenvalue weighted by molar-refractivity contribution is 5.98. The minimum Gasteiger partial charge on any atom is -0.379 e. The molecule has 0 unspecified atom stereocenters. The Kier molecular flexibility index (Phi) is 6.16. The fourth-order valence-corrected chi connectivity index (χ4v) is 3.37. The Balaban J connectivity index is 1.46. The summed E-state index contributed by atoms with van der Waals surface area (Å²) in [6.07, 6.45) is 1.78. The van der Waals surface area contributed by atoms with Gasteiger partial charge in [-0.1, -0.05) is 66.7 Å². The molecule has 30 heavy (non-hydrogen) atoms. The number of carbonyl (C=O) groups excluding carboxylic acids is 1. The summed E-state index contributed by atoms with van der Waals surface area (Å²) < 4.78 is 0. The van der Waals surface area contributed by atoms with Crippen LogP contribution in [0.4, 0.5) is 11.4 Å². The van der Waals surface area contributed by atoms with E-state index in [1.807, 2.05) is 103 Å². The van der Waals surface area contributed by atoms with Crippen LogP contribution in [0.15, 0.2) is 109 Å². The van der Waals surface area contributed by atoms with Crippen molar-refractivity contribution in [1.82, 2.24) is 4.98 Å². The van der Waals surface area contributed by atoms with Gasteiger partial charge in [0.25, 0.3) is 0 Å². The molecule has 4 heteroatoms. The lowest BCUT2D eigenvalue weighted by molar-refractivity contribution is -0.116. The molecule has 0 radical (unpaired) electrons. The normalized spacial score (nSPS) is 10.6. The fourth-order valence-electron chi connectivity index (χ4n) is 3.37. The lowest BCUT2D eigenvalue weighted by atomic mass is 9.90. The number of carbonyl (C=O) groups is 1. The number of benzene rings is 3. The van der Waals surface area contributed by atoms with Gasteiger partial charge >= 0.3 is 0 Å². The maximum absolute atomic E-state index is 13.2. The van der Waals surface area contributed by atoms with Crippen LogP contribution in [0.1, 0.15) is 22.7 Å². The molecule has 1 amide bonds. The molecule has 0 saturated heterocycles. The molecular formula is C26H23N3O. The second-order valence-corrected chi connectivity index (χ2v) is 7.00. The van der Waals surface area contributed by atoms with Crippen LogP contribution in [0.3, 0.4) is 0 Å². The molecule has 4 rings (SSSR count). The molecule has 1 heterocycles. The highest BCUT2D eigenvalue weighted by atomic mass is 16.1. The molecule has 2 N–H and O–H groups in total. The van der Waals surface area contributed by atoms with Crippen molar-refractivity contribution in [3.63, 3.8) is 0 Å². The van der Waals surface area contributed by atoms with Gasteiger partial charge in [-0.25, -0.2) is 0 Å². The molecule has 3 aromatic carbocycles. The second kappa shape index (κ2) is 9.52. The Bertz CT molecular complexity index is 1030. The van der Waals surface area contributed by atoms with Crippen molar-refractivity contribution >= 4 is 17.3 Å². The van der Waals surface area contributed by atoms with Gasteiger partial charge in [-0.2, -0.15) is 0 Å². The number of amides is 1. The summed E-state index contributed by atoms with van der Waals surface area (Å²) in [7, 11) is 0. The fraction of sp³-hybridized carbons (Fsp3) is 0.0769. The van der Waals surface area contributed by atoms with Crippen LogP contribution >= 0.6 is 0 Å². The van der Waals surface area contributed by atoms with Crippen molar-refractivity contribution in [3.8, 4) is 0 Å². The monoisotopic (exact) mass is 393 g/mol. The highest BCUT2D eigenvalue weighted by Crippen LogP contribution is 2.26. The molecule has 0 bridgehead atoms. The van der Waals surface area contributed by atoms with Gasteiger partial charge in [0.1, 0.15) is 0 Å². The first-order valence-electron chi connectivity index (χ1n) is 9.94. The zero-order valence-corrected chi connectivity index (χ0v) is 16.5. The predicted octanol–water partition coefficient (Wildman–Crippen LogP) is 5.46. The van der Waals surface area contributed by atoms with Gasteiger partial charge < -0.3 is 10.6 Å². The number of nitrogens with one attached hydrogen (secondary N) is 2. The summed E-state index contributed by atoms with van der Waals surface area (Å²) in [6.45, 7) is 0.649. The third-order valence-corrected chi connectivity index (χ3v) is 4.88. The third-order valence-electron chi connectivity index (χ3n) is 4.88. The predicted molar refractivity (Wildman–Crippen MR) is 121 cm³/mol. The van der Waals surface area contributed by atoms with Gasteiger partial charge in [0, 0.05) is 17.6 Å². The maximum Gasteiger partial charge on any atom is 0.236 e. The zero-order chi connectivity index (χ0) is 20.6. The van der Waals surface area contributed by atoms with Gasteiger partial charge in [0.2, 0.25) is 5.91 Å². The lowest BCUT2D eigenvalue weighted by Crippen LogP contribution is -2.22. The van der Waals surface area contributed by atoms with E-state index in [1.54, 1.807) is 6.20 Å². The highest BCUT2D eigenvalue weighted by Gasteiger charge is 2.22. The molecule has 1 aromatic heterocycles. The van der Waals surface area contributed by atoms with E-state index in [0.29, 0.717) is 6.54 Å². The Labute approximate surface area is 176 Å². The van der Waals surface area contributed by atoms with Crippen LogP contribution < -0.4 is 10.6 Å². The van der Waals surface area contributed by atoms with E-state index in [2.05, 4.69) is 15.6 Å². The summed E-state index contributed by atoms with van der Waals surface area (Å²) in [5.41, 5.74) is 4.65. The average molecular weight is 393 g/mol. The van der Waals surface area contributed by atoms with E-state index in [4.69, 9.17) is 0 Å². The summed E-state index contributed by atoms with van der Waals surface area (Å²) in [5.74, 6) is -0.420. The van der Waals surface area contributed by atoms with Crippen LogP contribution in [0.5, 0.6) is 0 Å². The van der Waals surface area contributed by atoms with Gasteiger partial charge in [0.05, 0.1) is 18.2 Å². The first-order valence-corrected chi connectivity index (χ1v) is 9.94. The van der Waals surface area contributed by atoms with Crippen molar-refractivity contribution in [3.05, 3.63) is 126 Å². The van der Waals surface area contributed by atoms with E-state index in [-0.39, 0.29) is 11.8 Å². The molecule has 4 aromatic rings. The molecule has 0 aliphatic rings. The molecule has 0 aliphatic carbocycles. The van der Waals surface area contributed by atoms with E-state index in [1.165, 1.54) is 0 Å². The molecule has 4 nitrogen and oxygen atoms in total. The Morgan fingerprint density at radius 1 is 0.700 bits per heavy atom. The van der Waals surface area contributed by atoms with Gasteiger partial charge in [0.15, 0.2) is 0 Å². The summed E-state index contributed by atoms with van der Waals surface area (Å²) in [6, 6.07) is 33.3. The average Bonchev–Trinajstić information content (AvgIpc) is 2.81. The van der Waals surface area contributed by atoms with E-state index in [9.17, 15) is 4.79 Å². The van der Waals surface area contributed by atoms with Crippen molar-refractivity contribution in [2.75, 3.05) is 10.6 Å². The molecule has 0 saturated carbocycles. The summed E-state index contributed by atoms with van der Waals surface area (Å²) in [4.78, 5) is 17.5. The van der Waals surface area contributed by atoms with Gasteiger partial charge in [-0.05, 0) is 47.5 Å². The van der Waals surface area contributed by atoms with Crippen molar-refractivity contribution < 1.29 is 4.79 Å². The molecular weight excluding hydrogens is 370 g/mol. The summed E-state index contributed by atoms with van der Waals surface area (Å²) >= 11 is 0. The number of rotatable bonds is 7. The van der Waals surface area contributed by atoms with Gasteiger partial charge in [-0.15, -0.1) is 0 Å². The standard InChI is InChI=1S/C26H23N3O/c30-26(25(20-9-3-1-4-10-20)21-11-5-2-6-12-21)29-23-16-14-22(15-17-23)28-19-24-13-7-8-18-27-24/h1-18,25,28H,19H2,(H,29,30). The van der Waals surface area contributed by atoms with Gasteiger partial charge in [-0.3, -0.25) is 9.78 Å². The minimum atomic E-state index is -0.366. The SMILES string of the molecule is O=C(Nc1ccc(NCc2ccccn2)cc1)C(c1ccccc1)c1ccccc1. The number of hydrogen-bond donors (Lipinski definition) is 2. The number of pyridine rings is 1. The number of aromatic nitrogens is 1. The molecule has 0 fully saturated rings. The number of hydrogen-bond acceptors (Lipinski definition) is 3. The third kappa shape index (κ3) is 4.92. The molecule has 0 atom stereocenters. The second-order valence-electron chi connectivity index (χ2n) is 7.00. The summed E-state index contributed by atoms with van der Waals surface area (Å²) in [5, 5.41) is 6.40. The maximum atomic E-state index is 13.2. The van der Waals surface area contributed by atoms with Crippen LogP contribution in [0.25, 0.3) is 0 Å². The van der Waals surface area contributed by atoms with Crippen molar-refractivity contribution in [1.29, 1.82) is 0 Å². The number of nitrogens with zero attached hydrogens (tertiary/aromatic N) is 1. The first kappa shape index (κ1) is 19.4. The lowest BCUT2D eigenvalue weighted by Gasteiger charge is -2.18. The minimum absolute atomic E-state index is 0.0541. The quantitative estimate of drug-likeness (QED) is 0.438. The molecule has 0 aliphatic heterocycles. The van der Waals surface area contributed by atoms with E-state index >= 15 is 0 Å². The van der Waals surface area contributed by atoms with E-state index in [0.717, 1.165) is 28.2 Å². The van der Waals surface area contributed by atoms with Crippen LogP contribution in [-0.4, -0.2) is 10.9 Å². The zero-order valence-electron chi connectivity index (χ0n) is 16.5. The van der Waals surface area contributed by atoms with Crippen LogP contribution in [-0.2, 0) is 11.3 Å². The number of anilines is 2. The van der Waals surface area contributed by atoms with Crippen molar-refractivity contribution in [2.24, 2.45) is 0 Å². The Morgan fingerprint density at radius 3 is 1.83 bits per heavy atom. The molecule has 148 valence electrons. The largest absolute Gasteiger partial charge is 0.379 e. The van der Waals surface area contributed by atoms with Crippen molar-refractivity contribution in [2.45, 2.75) is 12.5 Å². The topological polar surface area (TPSA) is 54.0 Å². The van der Waals surface area contributed by atoms with Crippen LogP contribution in [0.2, 0.25) is 0 Å². The van der Waals surface area contributed by atoms with E-state index < -0.39 is 0 Å². The van der Waals surface area contributed by atoms with Crippen LogP contribution in [0, 0.1) is 0 Å². The first-order chi connectivity index (χ1) is 14.8. The Hall–Kier alpha value is -3.92. The molecule has 0 spiro atoms.